The number of aromatic nitrogens is 2. The molecule has 8 heteroatoms. The highest BCUT2D eigenvalue weighted by molar-refractivity contribution is 8.65. The van der Waals surface area contributed by atoms with E-state index in [-0.39, 0.29) is 6.99 Å². The second-order valence-corrected chi connectivity index (χ2v) is 28.3. The van der Waals surface area contributed by atoms with E-state index >= 15 is 0 Å². The molecule has 3 unspecified atom stereocenters. The first kappa shape index (κ1) is 43.7. The fourth-order valence-corrected chi connectivity index (χ4v) is 9.56. The highest BCUT2D eigenvalue weighted by Crippen LogP contribution is 2.60. The average Bonchev–Trinajstić information content (AvgIpc) is 3.90. The van der Waals surface area contributed by atoms with Crippen LogP contribution in [0.25, 0.3) is 66.1 Å². The molecule has 68 heavy (non-hydrogen) atoms. The van der Waals surface area contributed by atoms with Crippen LogP contribution in [0.1, 0.15) is 0 Å². The Morgan fingerprint density at radius 3 is 0.912 bits per heavy atom. The molecule has 0 spiro atoms. The molecular weight excluding hydrogens is 901 g/mol. The van der Waals surface area contributed by atoms with Gasteiger partial charge in [0.25, 0.3) is 0 Å². The van der Waals surface area contributed by atoms with E-state index in [4.69, 9.17) is 0 Å². The van der Waals surface area contributed by atoms with E-state index < -0.39 is 0 Å². The van der Waals surface area contributed by atoms with Gasteiger partial charge in [0.15, 0.2) is 0 Å². The maximum absolute atomic E-state index is 2.65. The van der Waals surface area contributed by atoms with Crippen molar-refractivity contribution in [3.8, 4) is 22.5 Å². The summed E-state index contributed by atoms with van der Waals surface area (Å²) in [6, 6.07) is 91.6. The van der Waals surface area contributed by atoms with E-state index in [9.17, 15) is 0 Å². The molecule has 4 nitrogen and oxygen atoms in total. The third-order valence-electron chi connectivity index (χ3n) is 12.5. The van der Waals surface area contributed by atoms with Crippen molar-refractivity contribution in [2.24, 2.45) is 0 Å². The molecule has 0 bridgehead atoms. The Balaban J connectivity index is 0.00000122. The zero-order valence-corrected chi connectivity index (χ0v) is 41.6. The highest BCUT2D eigenvalue weighted by atomic mass is 32.7. The second-order valence-electron chi connectivity index (χ2n) is 16.7. The molecular formula is C60H48N4P4. The van der Waals surface area contributed by atoms with Crippen molar-refractivity contribution in [2.75, 3.05) is 9.80 Å². The minimum atomic E-state index is 0.130. The molecule has 2 aromatic heterocycles. The average molecular weight is 949 g/mol. The van der Waals surface area contributed by atoms with Crippen molar-refractivity contribution in [1.82, 2.24) is 9.13 Å². The lowest BCUT2D eigenvalue weighted by atomic mass is 10.0. The topological polar surface area (TPSA) is 16.3 Å². The van der Waals surface area contributed by atoms with E-state index in [1.54, 1.807) is 0 Å². The van der Waals surface area contributed by atoms with Crippen LogP contribution in [-0.2, 0) is 0 Å². The van der Waals surface area contributed by atoms with Gasteiger partial charge in [-0.3, -0.25) is 0 Å². The number of hydrogen-bond donors (Lipinski definition) is 0. The van der Waals surface area contributed by atoms with Gasteiger partial charge in [-0.2, -0.15) is 0 Å². The van der Waals surface area contributed by atoms with Crippen molar-refractivity contribution in [3.63, 3.8) is 0 Å². The first-order chi connectivity index (χ1) is 33.5. The van der Waals surface area contributed by atoms with Gasteiger partial charge in [0.1, 0.15) is 0 Å². The maximum atomic E-state index is 2.65. The highest BCUT2D eigenvalue weighted by Gasteiger charge is 2.20. The van der Waals surface area contributed by atoms with Crippen molar-refractivity contribution in [2.45, 2.75) is 0 Å². The predicted molar refractivity (Wildman–Crippen MR) is 306 cm³/mol. The van der Waals surface area contributed by atoms with E-state index in [0.29, 0.717) is 0 Å². The molecule has 0 saturated carbocycles. The van der Waals surface area contributed by atoms with E-state index in [1.807, 2.05) is 0 Å². The molecule has 0 N–H and O–H groups in total. The summed E-state index contributed by atoms with van der Waals surface area (Å²) in [6.07, 6.45) is 0. The van der Waals surface area contributed by atoms with E-state index in [2.05, 4.69) is 301 Å². The summed E-state index contributed by atoms with van der Waals surface area (Å²) in [5.74, 6) is 0. The summed E-state index contributed by atoms with van der Waals surface area (Å²) in [7, 11) is 7.94. The quantitative estimate of drug-likeness (QED) is 0.134. The number of anilines is 6. The number of benzene rings is 10. The van der Waals surface area contributed by atoms with Gasteiger partial charge >= 0.3 is 0 Å². The minimum Gasteiger partial charge on any atom is -0.310 e. The molecule has 12 rings (SSSR count). The summed E-state index contributed by atoms with van der Waals surface area (Å²) >= 11 is 0. The normalized spacial score (nSPS) is 11.3. The lowest BCUT2D eigenvalue weighted by Crippen LogP contribution is -2.10. The Hall–Kier alpha value is -6.88. The summed E-state index contributed by atoms with van der Waals surface area (Å²) in [5.41, 5.74) is 16.0. The second kappa shape index (κ2) is 19.4. The van der Waals surface area contributed by atoms with Crippen LogP contribution in [0.15, 0.2) is 255 Å². The van der Waals surface area contributed by atoms with Gasteiger partial charge in [-0.25, -0.2) is 0 Å². The lowest BCUT2D eigenvalue weighted by molar-refractivity contribution is 1.18. The van der Waals surface area contributed by atoms with Crippen LogP contribution >= 0.6 is 33.8 Å². The molecule has 0 aliphatic heterocycles. The molecule has 0 amide bonds. The summed E-state index contributed by atoms with van der Waals surface area (Å²) in [6.45, 7) is 0.130. The zero-order valence-electron chi connectivity index (χ0n) is 37.2. The number of rotatable bonds is 9. The fraction of sp³-hybridized carbons (Fsp3) is 0. The minimum absolute atomic E-state index is 0.130. The summed E-state index contributed by atoms with van der Waals surface area (Å²) in [4.78, 5) is 4.71. The molecule has 328 valence electrons. The zero-order chi connectivity index (χ0) is 46.0. The van der Waals surface area contributed by atoms with E-state index in [1.165, 1.54) is 43.6 Å². The summed E-state index contributed by atoms with van der Waals surface area (Å²) < 4.78 is 4.73. The SMILES string of the molecule is PP(P)P.c1ccc(N(c2ccc(-c3ccc(N(c4ccccc4)c4ccc5c(c4)c4ccccc4n5-c4ccccc4)cc3)cc2)c2ccc3c(c2)c2ccccc2n3-c2ccccc2)cc1. The van der Waals surface area contributed by atoms with Crippen LogP contribution in [0, 0.1) is 0 Å². The molecule has 10 aromatic carbocycles. The molecule has 0 saturated heterocycles. The van der Waals surface area contributed by atoms with Gasteiger partial charge in [-0.15, -0.1) is 26.8 Å². The number of para-hydroxylation sites is 6. The Morgan fingerprint density at radius 2 is 0.544 bits per heavy atom. The smallest absolute Gasteiger partial charge is 0.0542 e. The number of fused-ring (bicyclic) bond motifs is 6. The van der Waals surface area contributed by atoms with Crippen LogP contribution in [0.3, 0.4) is 0 Å². The molecule has 12 aromatic rings. The predicted octanol–water partition coefficient (Wildman–Crippen LogP) is 18.3. The van der Waals surface area contributed by atoms with Crippen LogP contribution in [0.2, 0.25) is 0 Å². The van der Waals surface area contributed by atoms with Gasteiger partial charge in [0.2, 0.25) is 0 Å². The molecule has 0 radical (unpaired) electrons. The van der Waals surface area contributed by atoms with Crippen molar-refractivity contribution >= 4 is 112 Å². The van der Waals surface area contributed by atoms with E-state index in [0.717, 1.165) is 56.6 Å². The molecule has 0 fully saturated rings. The summed E-state index contributed by atoms with van der Waals surface area (Å²) in [5, 5.41) is 4.91. The van der Waals surface area contributed by atoms with Crippen LogP contribution in [-0.4, -0.2) is 9.13 Å². The molecule has 3 atom stereocenters. The Morgan fingerprint density at radius 1 is 0.265 bits per heavy atom. The van der Waals surface area contributed by atoms with Gasteiger partial charge in [0.05, 0.1) is 22.1 Å². The van der Waals surface area contributed by atoms with Gasteiger partial charge in [0, 0.05) is 67.0 Å². The Labute approximate surface area is 405 Å². The van der Waals surface area contributed by atoms with Crippen molar-refractivity contribution in [3.05, 3.63) is 255 Å². The molecule has 0 aliphatic carbocycles. The van der Waals surface area contributed by atoms with Gasteiger partial charge in [-0.05, 0) is 139 Å². The third-order valence-corrected chi connectivity index (χ3v) is 12.5. The third kappa shape index (κ3) is 8.52. The van der Waals surface area contributed by atoms with Crippen LogP contribution in [0.4, 0.5) is 34.1 Å². The standard InChI is InChI=1S/C60H42N4.H6P4/c1-5-17-45(18-6-1)61(51-37-39-59-55(41-51)53-25-13-15-27-57(53)63(59)47-21-9-3-10-22-47)49-33-29-43(30-34-49)44-31-35-50(36-32-44)62(46-19-7-2-8-20-46)52-38-40-60-56(42-52)54-26-14-16-28-58(54)64(60)48-23-11-4-12-24-48;1-4(2)3/h1-42H;1-3H2. The van der Waals surface area contributed by atoms with Gasteiger partial charge in [-0.1, -0.05) is 133 Å². The lowest BCUT2D eigenvalue weighted by Gasteiger charge is -2.26. The Bertz CT molecular complexity index is 3410. The molecule has 0 aliphatic rings. The first-order valence-corrected chi connectivity index (χ1v) is 28.8. The fourth-order valence-electron chi connectivity index (χ4n) is 9.56. The number of hydrogen-bond acceptors (Lipinski definition) is 2. The van der Waals surface area contributed by atoms with Crippen LogP contribution < -0.4 is 9.80 Å². The van der Waals surface area contributed by atoms with Crippen LogP contribution in [0.5, 0.6) is 0 Å². The number of nitrogens with zero attached hydrogens (tertiary/aromatic N) is 4. The monoisotopic (exact) mass is 948 g/mol. The first-order valence-electron chi connectivity index (χ1n) is 22.6. The van der Waals surface area contributed by atoms with Gasteiger partial charge < -0.3 is 18.9 Å². The Kier molecular flexibility index (Phi) is 12.4. The maximum Gasteiger partial charge on any atom is 0.0542 e. The largest absolute Gasteiger partial charge is 0.310 e. The van der Waals surface area contributed by atoms with Crippen molar-refractivity contribution in [1.29, 1.82) is 0 Å². The van der Waals surface area contributed by atoms with Crippen molar-refractivity contribution < 1.29 is 0 Å². The molecule has 2 heterocycles.